The molecule has 21 heavy (non-hydrogen) atoms. The number of nitrogens with zero attached hydrogens (tertiary/aromatic N) is 1. The molecule has 1 fully saturated rings. The number of carboxylic acids is 1. The Labute approximate surface area is 124 Å². The van der Waals surface area contributed by atoms with Crippen LogP contribution in [0.3, 0.4) is 0 Å². The van der Waals surface area contributed by atoms with Gasteiger partial charge >= 0.3 is 5.97 Å². The summed E-state index contributed by atoms with van der Waals surface area (Å²) in [6, 6.07) is 6.01. The lowest BCUT2D eigenvalue weighted by molar-refractivity contribution is -0.136. The molecule has 0 radical (unpaired) electrons. The van der Waals surface area contributed by atoms with Crippen molar-refractivity contribution in [1.29, 1.82) is 0 Å². The van der Waals surface area contributed by atoms with Crippen molar-refractivity contribution in [2.45, 2.75) is 30.8 Å². The third-order valence-electron chi connectivity index (χ3n) is 3.33. The molecule has 1 unspecified atom stereocenters. The molecule has 0 aliphatic carbocycles. The Morgan fingerprint density at radius 3 is 2.67 bits per heavy atom. The molecule has 1 aliphatic heterocycles. The van der Waals surface area contributed by atoms with E-state index in [9.17, 15) is 13.2 Å². The highest BCUT2D eigenvalue weighted by Crippen LogP contribution is 2.19. The molecule has 1 aromatic rings. The van der Waals surface area contributed by atoms with Gasteiger partial charge in [-0.1, -0.05) is 12.1 Å². The SMILES string of the molecule is CC1CN(S(=O)(=O)c2ccc(CC(=O)O)cc2)CCCO1. The van der Waals surface area contributed by atoms with Crippen molar-refractivity contribution in [1.82, 2.24) is 4.31 Å². The largest absolute Gasteiger partial charge is 0.481 e. The average Bonchev–Trinajstić information content (AvgIpc) is 2.64. The molecule has 6 nitrogen and oxygen atoms in total. The molecule has 1 aromatic carbocycles. The Kier molecular flexibility index (Phi) is 4.97. The lowest BCUT2D eigenvalue weighted by Gasteiger charge is -2.21. The van der Waals surface area contributed by atoms with Crippen LogP contribution in [0.2, 0.25) is 0 Å². The third-order valence-corrected chi connectivity index (χ3v) is 5.21. The van der Waals surface area contributed by atoms with Crippen LogP contribution in [0, 0.1) is 0 Å². The fourth-order valence-electron chi connectivity index (χ4n) is 2.28. The van der Waals surface area contributed by atoms with E-state index in [1.165, 1.54) is 16.4 Å². The predicted molar refractivity (Wildman–Crippen MR) is 76.6 cm³/mol. The van der Waals surface area contributed by atoms with Crippen LogP contribution < -0.4 is 0 Å². The lowest BCUT2D eigenvalue weighted by atomic mass is 10.2. The number of hydrogen-bond donors (Lipinski definition) is 1. The number of ether oxygens (including phenoxy) is 1. The van der Waals surface area contributed by atoms with Crippen LogP contribution in [0.1, 0.15) is 18.9 Å². The molecular formula is C14H19NO5S. The topological polar surface area (TPSA) is 83.9 Å². The Hall–Kier alpha value is -1.44. The maximum absolute atomic E-state index is 12.6. The number of sulfonamides is 1. The van der Waals surface area contributed by atoms with Gasteiger partial charge in [0.1, 0.15) is 0 Å². The van der Waals surface area contributed by atoms with Crippen molar-refractivity contribution >= 4 is 16.0 Å². The van der Waals surface area contributed by atoms with Crippen molar-refractivity contribution < 1.29 is 23.1 Å². The zero-order valence-corrected chi connectivity index (χ0v) is 12.7. The minimum absolute atomic E-state index is 0.116. The van der Waals surface area contributed by atoms with Crippen LogP contribution >= 0.6 is 0 Å². The van der Waals surface area contributed by atoms with Gasteiger partial charge < -0.3 is 9.84 Å². The van der Waals surface area contributed by atoms with Crippen LogP contribution in [-0.2, 0) is 26.0 Å². The highest BCUT2D eigenvalue weighted by molar-refractivity contribution is 7.89. The summed E-state index contributed by atoms with van der Waals surface area (Å²) in [5, 5.41) is 8.72. The van der Waals surface area contributed by atoms with E-state index in [2.05, 4.69) is 0 Å². The summed E-state index contributed by atoms with van der Waals surface area (Å²) in [5.41, 5.74) is 0.578. The highest BCUT2D eigenvalue weighted by atomic mass is 32.2. The number of hydrogen-bond acceptors (Lipinski definition) is 4. The second-order valence-corrected chi connectivity index (χ2v) is 7.05. The average molecular weight is 313 g/mol. The molecule has 1 N–H and O–H groups in total. The maximum Gasteiger partial charge on any atom is 0.307 e. The Balaban J connectivity index is 2.20. The third kappa shape index (κ3) is 4.03. The van der Waals surface area contributed by atoms with E-state index in [1.54, 1.807) is 12.1 Å². The zero-order valence-electron chi connectivity index (χ0n) is 11.9. The second kappa shape index (κ2) is 6.55. The van der Waals surface area contributed by atoms with Gasteiger partial charge in [0.2, 0.25) is 10.0 Å². The molecular weight excluding hydrogens is 294 g/mol. The number of carboxylic acid groups (broad SMARTS) is 1. The van der Waals surface area contributed by atoms with E-state index >= 15 is 0 Å². The van der Waals surface area contributed by atoms with Crippen molar-refractivity contribution in [3.63, 3.8) is 0 Å². The molecule has 0 saturated carbocycles. The van der Waals surface area contributed by atoms with Crippen LogP contribution in [0.15, 0.2) is 29.2 Å². The fourth-order valence-corrected chi connectivity index (χ4v) is 3.83. The molecule has 0 bridgehead atoms. The van der Waals surface area contributed by atoms with Gasteiger partial charge in [-0.15, -0.1) is 0 Å². The number of aliphatic carboxylic acids is 1. The number of rotatable bonds is 4. The fraction of sp³-hybridized carbons (Fsp3) is 0.500. The lowest BCUT2D eigenvalue weighted by Crippen LogP contribution is -2.35. The normalized spacial score (nSPS) is 20.9. The molecule has 7 heteroatoms. The predicted octanol–water partition coefficient (Wildman–Crippen LogP) is 1.11. The van der Waals surface area contributed by atoms with Gasteiger partial charge in [-0.3, -0.25) is 4.79 Å². The van der Waals surface area contributed by atoms with E-state index in [4.69, 9.17) is 9.84 Å². The summed E-state index contributed by atoms with van der Waals surface area (Å²) in [7, 11) is -3.56. The summed E-state index contributed by atoms with van der Waals surface area (Å²) >= 11 is 0. The summed E-state index contributed by atoms with van der Waals surface area (Å²) < 4.78 is 32.0. The van der Waals surface area contributed by atoms with Crippen LogP contribution in [0.5, 0.6) is 0 Å². The Morgan fingerprint density at radius 2 is 2.05 bits per heavy atom. The van der Waals surface area contributed by atoms with Gasteiger partial charge in [-0.25, -0.2) is 8.42 Å². The van der Waals surface area contributed by atoms with E-state index in [0.29, 0.717) is 31.7 Å². The molecule has 1 saturated heterocycles. The van der Waals surface area contributed by atoms with E-state index < -0.39 is 16.0 Å². The molecule has 0 amide bonds. The first-order chi connectivity index (χ1) is 9.89. The minimum atomic E-state index is -3.56. The minimum Gasteiger partial charge on any atom is -0.481 e. The van der Waals surface area contributed by atoms with Crippen molar-refractivity contribution in [3.05, 3.63) is 29.8 Å². The monoisotopic (exact) mass is 313 g/mol. The van der Waals surface area contributed by atoms with Crippen molar-refractivity contribution in [2.75, 3.05) is 19.7 Å². The second-order valence-electron chi connectivity index (χ2n) is 5.11. The molecule has 1 atom stereocenters. The van der Waals surface area contributed by atoms with Gasteiger partial charge in [0.05, 0.1) is 17.4 Å². The standard InChI is InChI=1S/C14H19NO5S/c1-11-10-15(7-2-8-20-11)21(18,19)13-5-3-12(4-6-13)9-14(16)17/h3-6,11H,2,7-10H2,1H3,(H,16,17). The molecule has 0 spiro atoms. The van der Waals surface area contributed by atoms with Crippen LogP contribution in [0.25, 0.3) is 0 Å². The summed E-state index contributed by atoms with van der Waals surface area (Å²) in [6.07, 6.45) is 0.420. The molecule has 1 heterocycles. The molecule has 0 aromatic heterocycles. The van der Waals surface area contributed by atoms with Gasteiger partial charge in [-0.2, -0.15) is 4.31 Å². The smallest absolute Gasteiger partial charge is 0.307 e. The van der Waals surface area contributed by atoms with E-state index in [0.717, 1.165) is 0 Å². The van der Waals surface area contributed by atoms with Gasteiger partial charge in [0, 0.05) is 19.7 Å². The van der Waals surface area contributed by atoms with Crippen molar-refractivity contribution in [2.24, 2.45) is 0 Å². The maximum atomic E-state index is 12.6. The quantitative estimate of drug-likeness (QED) is 0.900. The van der Waals surface area contributed by atoms with E-state index in [-0.39, 0.29) is 17.4 Å². The number of benzene rings is 1. The van der Waals surface area contributed by atoms with Gasteiger partial charge in [-0.05, 0) is 31.0 Å². The molecule has 2 rings (SSSR count). The molecule has 116 valence electrons. The first-order valence-corrected chi connectivity index (χ1v) is 8.26. The zero-order chi connectivity index (χ0) is 15.5. The highest BCUT2D eigenvalue weighted by Gasteiger charge is 2.27. The first-order valence-electron chi connectivity index (χ1n) is 6.82. The number of carbonyl (C=O) groups is 1. The van der Waals surface area contributed by atoms with Crippen LogP contribution in [0.4, 0.5) is 0 Å². The summed E-state index contributed by atoms with van der Waals surface area (Å²) in [5.74, 6) is -0.941. The summed E-state index contributed by atoms with van der Waals surface area (Å²) in [4.78, 5) is 10.8. The van der Waals surface area contributed by atoms with Gasteiger partial charge in [0.15, 0.2) is 0 Å². The van der Waals surface area contributed by atoms with Crippen molar-refractivity contribution in [3.8, 4) is 0 Å². The van der Waals surface area contributed by atoms with Gasteiger partial charge in [0.25, 0.3) is 0 Å². The Morgan fingerprint density at radius 1 is 1.38 bits per heavy atom. The first kappa shape index (κ1) is 15.9. The summed E-state index contributed by atoms with van der Waals surface area (Å²) in [6.45, 7) is 3.18. The van der Waals surface area contributed by atoms with E-state index in [1.807, 2.05) is 6.92 Å². The van der Waals surface area contributed by atoms with Crippen LogP contribution in [-0.4, -0.2) is 49.6 Å². The molecule has 1 aliphatic rings. The Bertz CT molecular complexity index is 596.